The zero-order valence-corrected chi connectivity index (χ0v) is 14.6. The predicted octanol–water partition coefficient (Wildman–Crippen LogP) is 2.46. The molecule has 1 amide bonds. The topological polar surface area (TPSA) is 44.8 Å². The van der Waals surface area contributed by atoms with E-state index in [1.165, 1.54) is 45.2 Å². The Bertz CT molecular complexity index is 340. The highest BCUT2D eigenvalue weighted by atomic mass is 16.6. The monoisotopic (exact) mass is 311 g/mol. The number of rotatable bonds is 4. The van der Waals surface area contributed by atoms with Crippen LogP contribution >= 0.6 is 0 Å². The van der Waals surface area contributed by atoms with E-state index in [0.717, 1.165) is 25.7 Å². The van der Waals surface area contributed by atoms with Gasteiger partial charge in [0.2, 0.25) is 0 Å². The van der Waals surface area contributed by atoms with Gasteiger partial charge in [0.15, 0.2) is 0 Å². The van der Waals surface area contributed by atoms with Crippen molar-refractivity contribution < 1.29 is 9.53 Å². The van der Waals surface area contributed by atoms with E-state index >= 15 is 0 Å². The Morgan fingerprint density at radius 2 is 1.73 bits per heavy atom. The molecule has 0 aliphatic carbocycles. The summed E-state index contributed by atoms with van der Waals surface area (Å²) in [7, 11) is 0. The van der Waals surface area contributed by atoms with Crippen molar-refractivity contribution in [3.05, 3.63) is 0 Å². The molecule has 1 N–H and O–H groups in total. The molecule has 5 heteroatoms. The molecule has 0 saturated carbocycles. The smallest absolute Gasteiger partial charge is 0.407 e. The Labute approximate surface area is 135 Å². The summed E-state index contributed by atoms with van der Waals surface area (Å²) >= 11 is 0. The number of hydrogen-bond acceptors (Lipinski definition) is 4. The molecule has 2 rings (SSSR count). The van der Waals surface area contributed by atoms with Crippen LogP contribution in [0.2, 0.25) is 0 Å². The highest BCUT2D eigenvalue weighted by Crippen LogP contribution is 2.20. The molecule has 5 nitrogen and oxygen atoms in total. The van der Waals surface area contributed by atoms with E-state index in [0.29, 0.717) is 6.54 Å². The minimum Gasteiger partial charge on any atom is -0.444 e. The molecule has 2 saturated heterocycles. The molecule has 0 aromatic rings. The molecule has 2 fully saturated rings. The SMILES string of the molecule is CC(C)(C)OC(=O)NCCN1CCC(N2CCCCC2)CC1. The molecule has 2 aliphatic heterocycles. The molecule has 0 aromatic carbocycles. The number of nitrogens with one attached hydrogen (secondary N) is 1. The average molecular weight is 311 g/mol. The van der Waals surface area contributed by atoms with Crippen LogP contribution in [0.1, 0.15) is 52.9 Å². The number of amides is 1. The third-order valence-electron chi connectivity index (χ3n) is 4.56. The van der Waals surface area contributed by atoms with E-state index in [9.17, 15) is 4.79 Å². The van der Waals surface area contributed by atoms with E-state index < -0.39 is 5.60 Å². The number of piperidine rings is 2. The summed E-state index contributed by atoms with van der Waals surface area (Å²) in [4.78, 5) is 16.8. The quantitative estimate of drug-likeness (QED) is 0.866. The van der Waals surface area contributed by atoms with Crippen LogP contribution in [-0.2, 0) is 4.74 Å². The summed E-state index contributed by atoms with van der Waals surface area (Å²) in [6.07, 6.45) is 6.39. The number of likely N-dealkylation sites (tertiary alicyclic amines) is 2. The van der Waals surface area contributed by atoms with Crippen molar-refractivity contribution in [1.82, 2.24) is 15.1 Å². The molecule has 0 unspecified atom stereocenters. The number of ether oxygens (including phenoxy) is 1. The number of carbonyl (C=O) groups excluding carboxylic acids is 1. The molecular weight excluding hydrogens is 278 g/mol. The molecule has 2 heterocycles. The number of alkyl carbamates (subject to hydrolysis) is 1. The summed E-state index contributed by atoms with van der Waals surface area (Å²) < 4.78 is 5.25. The lowest BCUT2D eigenvalue weighted by Gasteiger charge is -2.40. The van der Waals surface area contributed by atoms with E-state index in [4.69, 9.17) is 4.74 Å². The first-order chi connectivity index (χ1) is 10.4. The van der Waals surface area contributed by atoms with Crippen LogP contribution in [0.5, 0.6) is 0 Å². The van der Waals surface area contributed by atoms with Crippen molar-refractivity contribution in [1.29, 1.82) is 0 Å². The Hall–Kier alpha value is -0.810. The third-order valence-corrected chi connectivity index (χ3v) is 4.56. The molecular formula is C17H33N3O2. The summed E-state index contributed by atoms with van der Waals surface area (Å²) in [5.41, 5.74) is -0.420. The van der Waals surface area contributed by atoms with Crippen molar-refractivity contribution in [3.8, 4) is 0 Å². The van der Waals surface area contributed by atoms with Gasteiger partial charge in [-0.1, -0.05) is 6.42 Å². The fourth-order valence-electron chi connectivity index (χ4n) is 3.42. The van der Waals surface area contributed by atoms with Crippen molar-refractivity contribution in [3.63, 3.8) is 0 Å². The largest absolute Gasteiger partial charge is 0.444 e. The van der Waals surface area contributed by atoms with E-state index in [-0.39, 0.29) is 6.09 Å². The lowest BCUT2D eigenvalue weighted by Crippen LogP contribution is -2.48. The molecule has 0 radical (unpaired) electrons. The van der Waals surface area contributed by atoms with Crippen LogP contribution in [-0.4, -0.2) is 66.8 Å². The van der Waals surface area contributed by atoms with Gasteiger partial charge in [-0.15, -0.1) is 0 Å². The molecule has 22 heavy (non-hydrogen) atoms. The van der Waals surface area contributed by atoms with Crippen LogP contribution in [0.3, 0.4) is 0 Å². The lowest BCUT2D eigenvalue weighted by atomic mass is 10.00. The Kier molecular flexibility index (Phi) is 6.50. The van der Waals surface area contributed by atoms with Crippen LogP contribution in [0.25, 0.3) is 0 Å². The zero-order chi connectivity index (χ0) is 16.0. The van der Waals surface area contributed by atoms with Gasteiger partial charge in [-0.25, -0.2) is 4.79 Å². The van der Waals surface area contributed by atoms with Crippen molar-refractivity contribution in [2.75, 3.05) is 39.3 Å². The third kappa shape index (κ3) is 6.13. The van der Waals surface area contributed by atoms with Crippen LogP contribution in [0.4, 0.5) is 4.79 Å². The van der Waals surface area contributed by atoms with Gasteiger partial charge >= 0.3 is 6.09 Å². The Morgan fingerprint density at radius 3 is 2.32 bits per heavy atom. The highest BCUT2D eigenvalue weighted by molar-refractivity contribution is 5.67. The van der Waals surface area contributed by atoms with Gasteiger partial charge in [0.1, 0.15) is 5.60 Å². The molecule has 0 spiro atoms. The molecule has 128 valence electrons. The molecule has 0 bridgehead atoms. The lowest BCUT2D eigenvalue weighted by molar-refractivity contribution is 0.0512. The van der Waals surface area contributed by atoms with Gasteiger partial charge in [-0.2, -0.15) is 0 Å². The number of hydrogen-bond donors (Lipinski definition) is 1. The zero-order valence-electron chi connectivity index (χ0n) is 14.6. The minimum atomic E-state index is -0.420. The van der Waals surface area contributed by atoms with Gasteiger partial charge in [-0.3, -0.25) is 0 Å². The van der Waals surface area contributed by atoms with Crippen molar-refractivity contribution >= 4 is 6.09 Å². The van der Waals surface area contributed by atoms with Crippen molar-refractivity contribution in [2.24, 2.45) is 0 Å². The molecule has 0 aromatic heterocycles. The maximum Gasteiger partial charge on any atom is 0.407 e. The van der Waals surface area contributed by atoms with E-state index in [1.54, 1.807) is 0 Å². The predicted molar refractivity (Wildman–Crippen MR) is 89.1 cm³/mol. The first-order valence-corrected chi connectivity index (χ1v) is 8.87. The fourth-order valence-corrected chi connectivity index (χ4v) is 3.42. The average Bonchev–Trinajstić information content (AvgIpc) is 2.47. The molecule has 2 aliphatic rings. The first kappa shape index (κ1) is 17.5. The van der Waals surface area contributed by atoms with Gasteiger partial charge in [0.25, 0.3) is 0 Å². The maximum absolute atomic E-state index is 11.6. The minimum absolute atomic E-state index is 0.310. The van der Waals surface area contributed by atoms with Gasteiger partial charge in [0, 0.05) is 19.1 Å². The van der Waals surface area contributed by atoms with E-state index in [1.807, 2.05) is 20.8 Å². The van der Waals surface area contributed by atoms with Crippen molar-refractivity contribution in [2.45, 2.75) is 64.5 Å². The normalized spacial score (nSPS) is 22.5. The number of carbonyl (C=O) groups is 1. The second-order valence-corrected chi connectivity index (χ2v) is 7.60. The summed E-state index contributed by atoms with van der Waals surface area (Å²) in [5.74, 6) is 0. The second-order valence-electron chi connectivity index (χ2n) is 7.60. The van der Waals surface area contributed by atoms with Gasteiger partial charge in [-0.05, 0) is 72.6 Å². The van der Waals surface area contributed by atoms with Crippen LogP contribution in [0.15, 0.2) is 0 Å². The Balaban J connectivity index is 1.58. The molecule has 0 atom stereocenters. The second kappa shape index (κ2) is 8.16. The number of nitrogens with zero attached hydrogens (tertiary/aromatic N) is 2. The highest BCUT2D eigenvalue weighted by Gasteiger charge is 2.25. The van der Waals surface area contributed by atoms with Crippen LogP contribution < -0.4 is 5.32 Å². The first-order valence-electron chi connectivity index (χ1n) is 8.87. The standard InChI is InChI=1S/C17H33N3O2/c1-17(2,3)22-16(21)18-9-14-19-12-7-15(8-13-19)20-10-5-4-6-11-20/h15H,4-14H2,1-3H3,(H,18,21). The fraction of sp³-hybridized carbons (Fsp3) is 0.941. The van der Waals surface area contributed by atoms with E-state index in [2.05, 4.69) is 15.1 Å². The van der Waals surface area contributed by atoms with Crippen LogP contribution in [0, 0.1) is 0 Å². The maximum atomic E-state index is 11.6. The summed E-state index contributed by atoms with van der Waals surface area (Å²) in [5, 5.41) is 2.85. The van der Waals surface area contributed by atoms with Gasteiger partial charge < -0.3 is 19.9 Å². The van der Waals surface area contributed by atoms with Gasteiger partial charge in [0.05, 0.1) is 0 Å². The summed E-state index contributed by atoms with van der Waals surface area (Å²) in [6.45, 7) is 12.1. The summed E-state index contributed by atoms with van der Waals surface area (Å²) in [6, 6.07) is 0.787. The Morgan fingerprint density at radius 1 is 1.09 bits per heavy atom.